The molecule has 1 amide bonds. The number of allylic oxidation sites excluding steroid dienone is 1. The van der Waals surface area contributed by atoms with Gasteiger partial charge in [0.05, 0.1) is 39.8 Å². The van der Waals surface area contributed by atoms with Crippen molar-refractivity contribution in [3.8, 4) is 34.4 Å². The third kappa shape index (κ3) is 5.63. The molecule has 2 aromatic carbocycles. The maximum atomic E-state index is 12.6. The summed E-state index contributed by atoms with van der Waals surface area (Å²) in [5.41, 5.74) is 1.64. The number of nitrogens with zero attached hydrogens (tertiary/aromatic N) is 3. The molecule has 0 saturated carbocycles. The number of carbonyl (C=O) groups is 1. The Kier molecular flexibility index (Phi) is 8.80. The van der Waals surface area contributed by atoms with Crippen molar-refractivity contribution in [2.45, 2.75) is 18.2 Å². The van der Waals surface area contributed by atoms with Crippen molar-refractivity contribution >= 4 is 17.7 Å². The molecule has 0 bridgehead atoms. The van der Waals surface area contributed by atoms with Gasteiger partial charge in [0.1, 0.15) is 5.75 Å². The minimum Gasteiger partial charge on any atom is -0.496 e. The lowest BCUT2D eigenvalue weighted by atomic mass is 10.2. The Morgan fingerprint density at radius 1 is 1.03 bits per heavy atom. The Morgan fingerprint density at radius 2 is 1.71 bits per heavy atom. The smallest absolute Gasteiger partial charge is 0.230 e. The van der Waals surface area contributed by atoms with E-state index in [2.05, 4.69) is 22.1 Å². The van der Waals surface area contributed by atoms with Crippen LogP contribution in [0.1, 0.15) is 5.56 Å². The topological polar surface area (TPSA) is 96.7 Å². The maximum Gasteiger partial charge on any atom is 0.230 e. The highest BCUT2D eigenvalue weighted by Gasteiger charge is 2.18. The van der Waals surface area contributed by atoms with Crippen LogP contribution in [-0.4, -0.2) is 54.9 Å². The van der Waals surface area contributed by atoms with Crippen LogP contribution in [0.4, 0.5) is 0 Å². The van der Waals surface area contributed by atoms with Gasteiger partial charge in [-0.3, -0.25) is 9.36 Å². The Balaban J connectivity index is 1.69. The van der Waals surface area contributed by atoms with Crippen molar-refractivity contribution in [3.63, 3.8) is 0 Å². The molecule has 0 spiro atoms. The quantitative estimate of drug-likeness (QED) is 0.308. The van der Waals surface area contributed by atoms with Crippen molar-refractivity contribution in [2.75, 3.05) is 34.2 Å². The molecule has 34 heavy (non-hydrogen) atoms. The standard InChI is InChI=1S/C24H28N4O5S/c1-6-11-28-23(17-9-7-8-10-18(17)30-2)26-27-24(28)34-15-21(29)25-14-16-12-19(31-3)22(33-5)20(13-16)32-4/h6-10,12-13H,1,11,14-15H2,2-5H3,(H,25,29). The number of hydrogen-bond acceptors (Lipinski definition) is 8. The fourth-order valence-electron chi connectivity index (χ4n) is 3.34. The van der Waals surface area contributed by atoms with Gasteiger partial charge >= 0.3 is 0 Å². The van der Waals surface area contributed by atoms with E-state index in [1.807, 2.05) is 28.8 Å². The Labute approximate surface area is 203 Å². The monoisotopic (exact) mass is 484 g/mol. The summed E-state index contributed by atoms with van der Waals surface area (Å²) in [6, 6.07) is 11.2. The molecule has 0 aliphatic heterocycles. The number of amides is 1. The lowest BCUT2D eigenvalue weighted by Gasteiger charge is -2.14. The molecule has 3 rings (SSSR count). The number of thioether (sulfide) groups is 1. The van der Waals surface area contributed by atoms with Gasteiger partial charge in [-0.15, -0.1) is 16.8 Å². The number of rotatable bonds is 12. The molecule has 1 heterocycles. The van der Waals surface area contributed by atoms with Gasteiger partial charge in [0.2, 0.25) is 11.7 Å². The van der Waals surface area contributed by atoms with Crippen molar-refractivity contribution in [3.05, 3.63) is 54.6 Å². The number of ether oxygens (including phenoxy) is 4. The van der Waals surface area contributed by atoms with E-state index in [1.165, 1.54) is 11.8 Å². The third-order valence-electron chi connectivity index (χ3n) is 4.92. The van der Waals surface area contributed by atoms with Crippen molar-refractivity contribution in [1.29, 1.82) is 0 Å². The summed E-state index contributed by atoms with van der Waals surface area (Å²) in [5.74, 6) is 2.93. The van der Waals surface area contributed by atoms with Gasteiger partial charge in [0.15, 0.2) is 22.5 Å². The van der Waals surface area contributed by atoms with Gasteiger partial charge in [-0.2, -0.15) is 0 Å². The van der Waals surface area contributed by atoms with E-state index in [4.69, 9.17) is 18.9 Å². The Hall–Kier alpha value is -3.66. The number of para-hydroxylation sites is 1. The van der Waals surface area contributed by atoms with Crippen LogP contribution in [0, 0.1) is 0 Å². The summed E-state index contributed by atoms with van der Waals surface area (Å²) < 4.78 is 23.4. The van der Waals surface area contributed by atoms with Gasteiger partial charge < -0.3 is 24.3 Å². The van der Waals surface area contributed by atoms with Crippen LogP contribution in [0.2, 0.25) is 0 Å². The van der Waals surface area contributed by atoms with Gasteiger partial charge in [-0.25, -0.2) is 0 Å². The van der Waals surface area contributed by atoms with E-state index in [1.54, 1.807) is 46.6 Å². The zero-order chi connectivity index (χ0) is 24.5. The highest BCUT2D eigenvalue weighted by Crippen LogP contribution is 2.38. The van der Waals surface area contributed by atoms with Gasteiger partial charge in [-0.1, -0.05) is 30.0 Å². The second-order valence-electron chi connectivity index (χ2n) is 7.00. The lowest BCUT2D eigenvalue weighted by Crippen LogP contribution is -2.24. The molecule has 10 heteroatoms. The number of methoxy groups -OCH3 is 4. The van der Waals surface area contributed by atoms with Gasteiger partial charge in [0, 0.05) is 13.1 Å². The first-order valence-electron chi connectivity index (χ1n) is 10.4. The van der Waals surface area contributed by atoms with Crippen LogP contribution in [-0.2, 0) is 17.9 Å². The first-order chi connectivity index (χ1) is 16.6. The number of nitrogens with one attached hydrogen (secondary N) is 1. The van der Waals surface area contributed by atoms with E-state index in [0.29, 0.717) is 47.1 Å². The van der Waals surface area contributed by atoms with Gasteiger partial charge in [-0.05, 0) is 29.8 Å². The van der Waals surface area contributed by atoms with E-state index in [0.717, 1.165) is 11.1 Å². The van der Waals surface area contributed by atoms with Crippen LogP contribution in [0.5, 0.6) is 23.0 Å². The average Bonchev–Trinajstić information content (AvgIpc) is 3.27. The van der Waals surface area contributed by atoms with Crippen molar-refractivity contribution in [2.24, 2.45) is 0 Å². The van der Waals surface area contributed by atoms with Crippen molar-refractivity contribution < 1.29 is 23.7 Å². The molecule has 0 radical (unpaired) electrons. The Bertz CT molecular complexity index is 1120. The molecule has 0 aliphatic rings. The van der Waals surface area contributed by atoms with Crippen LogP contribution in [0.15, 0.2) is 54.2 Å². The molecular weight excluding hydrogens is 456 g/mol. The molecule has 1 aromatic heterocycles. The molecular formula is C24H28N4O5S. The Morgan fingerprint density at radius 3 is 2.32 bits per heavy atom. The second-order valence-corrected chi connectivity index (χ2v) is 7.95. The van der Waals surface area contributed by atoms with Crippen LogP contribution < -0.4 is 24.3 Å². The number of carbonyl (C=O) groups excluding carboxylic acids is 1. The fraction of sp³-hybridized carbons (Fsp3) is 0.292. The third-order valence-corrected chi connectivity index (χ3v) is 5.89. The molecule has 180 valence electrons. The van der Waals surface area contributed by atoms with Crippen LogP contribution in [0.3, 0.4) is 0 Å². The highest BCUT2D eigenvalue weighted by molar-refractivity contribution is 7.99. The predicted molar refractivity (Wildman–Crippen MR) is 131 cm³/mol. The first kappa shape index (κ1) is 25.0. The molecule has 3 aromatic rings. The lowest BCUT2D eigenvalue weighted by molar-refractivity contribution is -0.118. The molecule has 0 aliphatic carbocycles. The van der Waals surface area contributed by atoms with E-state index in [9.17, 15) is 4.79 Å². The molecule has 0 unspecified atom stereocenters. The number of hydrogen-bond donors (Lipinski definition) is 1. The molecule has 0 fully saturated rings. The number of benzene rings is 2. The summed E-state index contributed by atoms with van der Waals surface area (Å²) in [6.07, 6.45) is 1.76. The molecule has 9 nitrogen and oxygen atoms in total. The minimum absolute atomic E-state index is 0.147. The normalized spacial score (nSPS) is 10.5. The zero-order valence-electron chi connectivity index (χ0n) is 19.7. The predicted octanol–water partition coefficient (Wildman–Crippen LogP) is 3.57. The summed E-state index contributed by atoms with van der Waals surface area (Å²) in [4.78, 5) is 12.6. The summed E-state index contributed by atoms with van der Waals surface area (Å²) in [5, 5.41) is 12.1. The van der Waals surface area contributed by atoms with Gasteiger partial charge in [0.25, 0.3) is 0 Å². The molecule has 0 saturated heterocycles. The van der Waals surface area contributed by atoms with E-state index in [-0.39, 0.29) is 11.7 Å². The largest absolute Gasteiger partial charge is 0.496 e. The summed E-state index contributed by atoms with van der Waals surface area (Å²) in [6.45, 7) is 4.63. The molecule has 1 N–H and O–H groups in total. The maximum absolute atomic E-state index is 12.6. The average molecular weight is 485 g/mol. The summed E-state index contributed by atoms with van der Waals surface area (Å²) >= 11 is 1.30. The van der Waals surface area contributed by atoms with E-state index < -0.39 is 0 Å². The molecule has 0 atom stereocenters. The fourth-order valence-corrected chi connectivity index (χ4v) is 4.11. The SMILES string of the molecule is C=CCn1c(SCC(=O)NCc2cc(OC)c(OC)c(OC)c2)nnc1-c1ccccc1OC. The first-order valence-corrected chi connectivity index (χ1v) is 11.4. The van der Waals surface area contributed by atoms with Crippen LogP contribution in [0.25, 0.3) is 11.4 Å². The van der Waals surface area contributed by atoms with E-state index >= 15 is 0 Å². The second kappa shape index (κ2) is 12.0. The van der Waals surface area contributed by atoms with Crippen molar-refractivity contribution in [1.82, 2.24) is 20.1 Å². The highest BCUT2D eigenvalue weighted by atomic mass is 32.2. The zero-order valence-corrected chi connectivity index (χ0v) is 20.5. The summed E-state index contributed by atoms with van der Waals surface area (Å²) in [7, 11) is 6.26. The minimum atomic E-state index is -0.147. The number of aromatic nitrogens is 3. The van der Waals surface area contributed by atoms with Crippen LogP contribution >= 0.6 is 11.8 Å².